The zero-order valence-corrected chi connectivity index (χ0v) is 43.9. The predicted octanol–water partition coefficient (Wildman–Crippen LogP) is 9.30. The van der Waals surface area contributed by atoms with Crippen LogP contribution in [0.1, 0.15) is 194 Å². The standard InChI is InChI=1S/C57H100O14/c1-3-5-7-9-11-13-15-17-19-21-22-23-25-27-29-31-33-35-37-39-41-66-43-46(69-49(59)40-38-36-34-32-30-28-26-24-20-18-16-14-12-10-8-6-4-2)44-67-56-55(65)53(63)51(61)48(71-56)45-68-57-54(64)52(62)50(60)47(42-58)70-57/h11-14,17-20,22-23,46-48,50-58,60-65H,3-10,15-16,21,24-45H2,1-2H3/b13-11-,14-12-,19-17-,20-18-,23-22-. The van der Waals surface area contributed by atoms with Crippen LogP contribution in [-0.2, 0) is 33.2 Å². The fourth-order valence-corrected chi connectivity index (χ4v) is 8.44. The van der Waals surface area contributed by atoms with E-state index in [0.29, 0.717) is 13.0 Å². The summed E-state index contributed by atoms with van der Waals surface area (Å²) < 4.78 is 34.3. The number of rotatable bonds is 44. The molecule has 2 fully saturated rings. The summed E-state index contributed by atoms with van der Waals surface area (Å²) in [5, 5.41) is 72.3. The van der Waals surface area contributed by atoms with Crippen LogP contribution in [0, 0.1) is 0 Å². The maximum absolute atomic E-state index is 13.0. The zero-order valence-electron chi connectivity index (χ0n) is 43.9. The minimum Gasteiger partial charge on any atom is -0.457 e. The summed E-state index contributed by atoms with van der Waals surface area (Å²) in [7, 11) is 0. The Labute approximate surface area is 428 Å². The Bertz CT molecular complexity index is 1400. The molecular weight excluding hydrogens is 909 g/mol. The minimum atomic E-state index is -1.71. The maximum atomic E-state index is 13.0. The zero-order chi connectivity index (χ0) is 51.6. The van der Waals surface area contributed by atoms with Crippen molar-refractivity contribution >= 4 is 5.97 Å². The topological polar surface area (TPSA) is 214 Å². The van der Waals surface area contributed by atoms with Gasteiger partial charge in [-0.2, -0.15) is 0 Å². The normalized spacial score (nSPS) is 25.8. The largest absolute Gasteiger partial charge is 0.457 e. The maximum Gasteiger partial charge on any atom is 0.306 e. The Kier molecular flexibility index (Phi) is 40.2. The molecule has 0 aromatic rings. The number of esters is 1. The molecule has 0 saturated carbocycles. The van der Waals surface area contributed by atoms with E-state index in [1.165, 1.54) is 96.3 Å². The van der Waals surface area contributed by atoms with Crippen molar-refractivity contribution in [3.05, 3.63) is 60.8 Å². The van der Waals surface area contributed by atoms with E-state index in [-0.39, 0.29) is 25.6 Å². The first-order valence-corrected chi connectivity index (χ1v) is 27.9. The highest BCUT2D eigenvalue weighted by molar-refractivity contribution is 5.69. The Morgan fingerprint density at radius 2 is 0.873 bits per heavy atom. The average molecular weight is 1010 g/mol. The molecule has 11 unspecified atom stereocenters. The van der Waals surface area contributed by atoms with E-state index in [2.05, 4.69) is 74.6 Å². The molecule has 2 aliphatic heterocycles. The molecule has 14 nitrogen and oxygen atoms in total. The number of ether oxygens (including phenoxy) is 6. The van der Waals surface area contributed by atoms with E-state index in [4.69, 9.17) is 28.4 Å². The van der Waals surface area contributed by atoms with Crippen molar-refractivity contribution in [2.75, 3.05) is 33.0 Å². The lowest BCUT2D eigenvalue weighted by Gasteiger charge is -2.42. The van der Waals surface area contributed by atoms with Crippen molar-refractivity contribution in [1.82, 2.24) is 0 Å². The molecule has 2 saturated heterocycles. The van der Waals surface area contributed by atoms with Crippen molar-refractivity contribution in [1.29, 1.82) is 0 Å². The molecule has 2 rings (SSSR count). The summed E-state index contributed by atoms with van der Waals surface area (Å²) in [6.45, 7) is 3.60. The third kappa shape index (κ3) is 31.2. The van der Waals surface area contributed by atoms with Gasteiger partial charge in [0.15, 0.2) is 12.6 Å². The molecule has 2 heterocycles. The first-order chi connectivity index (χ1) is 34.6. The van der Waals surface area contributed by atoms with Gasteiger partial charge in [0.1, 0.15) is 54.9 Å². The predicted molar refractivity (Wildman–Crippen MR) is 279 cm³/mol. The van der Waals surface area contributed by atoms with Crippen molar-refractivity contribution < 1.29 is 69.0 Å². The number of hydrogen-bond donors (Lipinski definition) is 7. The highest BCUT2D eigenvalue weighted by Gasteiger charge is 2.47. The highest BCUT2D eigenvalue weighted by atomic mass is 16.7. The number of carbonyl (C=O) groups is 1. The first kappa shape index (κ1) is 64.8. The number of hydrogen-bond acceptors (Lipinski definition) is 14. The van der Waals surface area contributed by atoms with Crippen LogP contribution in [0.3, 0.4) is 0 Å². The monoisotopic (exact) mass is 1010 g/mol. The fourth-order valence-electron chi connectivity index (χ4n) is 8.44. The van der Waals surface area contributed by atoms with Crippen molar-refractivity contribution in [2.45, 2.75) is 261 Å². The fraction of sp³-hybridized carbons (Fsp3) is 0.807. The molecule has 0 aromatic heterocycles. The summed E-state index contributed by atoms with van der Waals surface area (Å²) in [5.41, 5.74) is 0. The van der Waals surface area contributed by atoms with E-state index < -0.39 is 80.7 Å². The average Bonchev–Trinajstić information content (AvgIpc) is 3.37. The van der Waals surface area contributed by atoms with Crippen LogP contribution in [0.5, 0.6) is 0 Å². The van der Waals surface area contributed by atoms with Crippen LogP contribution >= 0.6 is 0 Å². The number of aliphatic hydroxyl groups excluding tert-OH is 7. The third-order valence-corrected chi connectivity index (χ3v) is 13.0. The molecule has 412 valence electrons. The van der Waals surface area contributed by atoms with Gasteiger partial charge in [0, 0.05) is 13.0 Å². The highest BCUT2D eigenvalue weighted by Crippen LogP contribution is 2.26. The summed E-state index contributed by atoms with van der Waals surface area (Å²) in [5.74, 6) is -0.389. The van der Waals surface area contributed by atoms with Crippen LogP contribution in [-0.4, -0.2) is 142 Å². The second kappa shape index (κ2) is 44.0. The molecule has 2 aliphatic rings. The van der Waals surface area contributed by atoms with Gasteiger partial charge in [0.25, 0.3) is 0 Å². The smallest absolute Gasteiger partial charge is 0.306 e. The van der Waals surface area contributed by atoms with Crippen LogP contribution in [0.2, 0.25) is 0 Å². The van der Waals surface area contributed by atoms with Crippen LogP contribution in [0.15, 0.2) is 60.8 Å². The summed E-state index contributed by atoms with van der Waals surface area (Å²) in [6.07, 6.45) is 37.0. The van der Waals surface area contributed by atoms with Gasteiger partial charge in [-0.1, -0.05) is 164 Å². The van der Waals surface area contributed by atoms with Gasteiger partial charge in [-0.3, -0.25) is 4.79 Å². The molecule has 11 atom stereocenters. The molecule has 0 bridgehead atoms. The Balaban J connectivity index is 1.75. The third-order valence-electron chi connectivity index (χ3n) is 13.0. The number of aliphatic hydroxyl groups is 7. The second-order valence-corrected chi connectivity index (χ2v) is 19.4. The van der Waals surface area contributed by atoms with Gasteiger partial charge in [-0.05, 0) is 83.5 Å². The van der Waals surface area contributed by atoms with E-state index in [1.54, 1.807) is 0 Å². The van der Waals surface area contributed by atoms with Crippen molar-refractivity contribution in [3.8, 4) is 0 Å². The summed E-state index contributed by atoms with van der Waals surface area (Å²) >= 11 is 0. The molecule has 0 aromatic carbocycles. The molecular formula is C57H100O14. The number of unbranched alkanes of at least 4 members (excludes halogenated alkanes) is 20. The van der Waals surface area contributed by atoms with Crippen molar-refractivity contribution in [3.63, 3.8) is 0 Å². The van der Waals surface area contributed by atoms with Crippen LogP contribution in [0.25, 0.3) is 0 Å². The first-order valence-electron chi connectivity index (χ1n) is 27.9. The molecule has 71 heavy (non-hydrogen) atoms. The van der Waals surface area contributed by atoms with Crippen LogP contribution < -0.4 is 0 Å². The second-order valence-electron chi connectivity index (χ2n) is 19.4. The summed E-state index contributed by atoms with van der Waals surface area (Å²) in [4.78, 5) is 13.0. The Morgan fingerprint density at radius 1 is 0.465 bits per heavy atom. The van der Waals surface area contributed by atoms with E-state index >= 15 is 0 Å². The van der Waals surface area contributed by atoms with Gasteiger partial charge < -0.3 is 64.2 Å². The van der Waals surface area contributed by atoms with E-state index in [0.717, 1.165) is 70.6 Å². The molecule has 14 heteroatoms. The lowest BCUT2D eigenvalue weighted by Crippen LogP contribution is -2.61. The molecule has 0 amide bonds. The van der Waals surface area contributed by atoms with Gasteiger partial charge in [0.05, 0.1) is 26.4 Å². The van der Waals surface area contributed by atoms with Gasteiger partial charge >= 0.3 is 5.97 Å². The number of carbonyl (C=O) groups excluding carboxylic acids is 1. The minimum absolute atomic E-state index is 0.0494. The van der Waals surface area contributed by atoms with E-state index in [9.17, 15) is 40.5 Å². The lowest BCUT2D eigenvalue weighted by molar-refractivity contribution is -0.332. The molecule has 0 aliphatic carbocycles. The SMILES string of the molecule is CCCCC/C=C\C/C=C\C/C=C\CCCCCCCCCOCC(COC1OC(COC2OC(CO)C(O)C(O)C2O)C(O)C(O)C1O)OC(=O)CCCCCCCCC/C=C\C/C=C\CCCCC. The van der Waals surface area contributed by atoms with Gasteiger partial charge in [-0.25, -0.2) is 0 Å². The number of allylic oxidation sites excluding steroid dienone is 10. The Hall–Kier alpha value is -2.31. The Morgan fingerprint density at radius 3 is 1.37 bits per heavy atom. The summed E-state index contributed by atoms with van der Waals surface area (Å²) in [6, 6.07) is 0. The van der Waals surface area contributed by atoms with Crippen LogP contribution in [0.4, 0.5) is 0 Å². The molecule has 0 spiro atoms. The lowest BCUT2D eigenvalue weighted by atomic mass is 9.98. The van der Waals surface area contributed by atoms with E-state index in [1.807, 2.05) is 0 Å². The van der Waals surface area contributed by atoms with Crippen molar-refractivity contribution in [2.24, 2.45) is 0 Å². The van der Waals surface area contributed by atoms with Gasteiger partial charge in [-0.15, -0.1) is 0 Å². The molecule has 0 radical (unpaired) electrons. The van der Waals surface area contributed by atoms with Gasteiger partial charge in [0.2, 0.25) is 0 Å². The quantitative estimate of drug-likeness (QED) is 0.0172. The molecule has 7 N–H and O–H groups in total.